The number of non-ortho nitro benzene ring substituents is 1. The fourth-order valence-corrected chi connectivity index (χ4v) is 5.98. The van der Waals surface area contributed by atoms with Crippen LogP contribution < -0.4 is 15.5 Å². The highest BCUT2D eigenvalue weighted by Crippen LogP contribution is 2.54. The Morgan fingerprint density at radius 2 is 1.91 bits per heavy atom. The van der Waals surface area contributed by atoms with Gasteiger partial charge in [-0.2, -0.15) is 11.8 Å². The number of para-hydroxylation sites is 1. The summed E-state index contributed by atoms with van der Waals surface area (Å²) >= 11 is 1.63. The molecule has 2 aromatic carbocycles. The highest BCUT2D eigenvalue weighted by molar-refractivity contribution is 7.98. The van der Waals surface area contributed by atoms with Crippen molar-refractivity contribution < 1.29 is 19.3 Å². The van der Waals surface area contributed by atoms with Crippen LogP contribution in [0.15, 0.2) is 42.5 Å². The molecule has 0 bridgehead atoms. The first kappa shape index (κ1) is 21.6. The molecule has 9 nitrogen and oxygen atoms in total. The smallest absolute Gasteiger partial charge is 0.269 e. The molecule has 2 fully saturated rings. The van der Waals surface area contributed by atoms with Gasteiger partial charge in [0.05, 0.1) is 22.4 Å². The molecule has 0 aromatic heterocycles. The molecule has 2 saturated heterocycles. The molecule has 33 heavy (non-hydrogen) atoms. The van der Waals surface area contributed by atoms with Crippen molar-refractivity contribution in [1.29, 1.82) is 0 Å². The minimum absolute atomic E-state index is 0.115. The molecule has 1 spiro atoms. The van der Waals surface area contributed by atoms with Crippen molar-refractivity contribution in [3.05, 3.63) is 63.7 Å². The van der Waals surface area contributed by atoms with Crippen LogP contribution in [0.5, 0.6) is 0 Å². The average molecular weight is 467 g/mol. The average Bonchev–Trinajstić information content (AvgIpc) is 3.37. The minimum Gasteiger partial charge on any atom is -0.324 e. The summed E-state index contributed by atoms with van der Waals surface area (Å²) in [5.41, 5.74) is 0.612. The zero-order chi connectivity index (χ0) is 23.5. The summed E-state index contributed by atoms with van der Waals surface area (Å²) in [6.07, 6.45) is 2.58. The zero-order valence-corrected chi connectivity index (χ0v) is 18.8. The number of nitro groups is 1. The van der Waals surface area contributed by atoms with E-state index in [1.165, 1.54) is 18.2 Å². The third-order valence-corrected chi connectivity index (χ3v) is 7.53. The van der Waals surface area contributed by atoms with Gasteiger partial charge in [-0.1, -0.05) is 18.2 Å². The summed E-state index contributed by atoms with van der Waals surface area (Å²) in [6, 6.07) is 10.9. The topological polar surface area (TPSA) is 122 Å². The number of carbonyl (C=O) groups excluding carboxylic acids is 3. The number of fused-ring (bicyclic) bond motifs is 4. The molecular formula is C23H22N4O5S. The van der Waals surface area contributed by atoms with Crippen molar-refractivity contribution in [1.82, 2.24) is 5.32 Å². The molecule has 3 heterocycles. The van der Waals surface area contributed by atoms with Crippen LogP contribution in [-0.2, 0) is 19.9 Å². The Morgan fingerprint density at radius 3 is 2.61 bits per heavy atom. The van der Waals surface area contributed by atoms with Crippen LogP contribution in [0, 0.1) is 28.9 Å². The van der Waals surface area contributed by atoms with E-state index < -0.39 is 28.2 Å². The van der Waals surface area contributed by atoms with Crippen molar-refractivity contribution in [2.75, 3.05) is 22.2 Å². The Balaban J connectivity index is 1.63. The summed E-state index contributed by atoms with van der Waals surface area (Å²) in [5.74, 6) is -2.04. The Labute approximate surface area is 194 Å². The van der Waals surface area contributed by atoms with Gasteiger partial charge in [-0.15, -0.1) is 0 Å². The largest absolute Gasteiger partial charge is 0.324 e. The zero-order valence-electron chi connectivity index (χ0n) is 18.0. The fourth-order valence-electron chi connectivity index (χ4n) is 5.49. The van der Waals surface area contributed by atoms with Gasteiger partial charge >= 0.3 is 0 Å². The van der Waals surface area contributed by atoms with E-state index in [-0.39, 0.29) is 23.5 Å². The molecule has 0 radical (unpaired) electrons. The number of nitrogens with zero attached hydrogens (tertiary/aromatic N) is 2. The molecule has 4 atom stereocenters. The number of imide groups is 1. The molecule has 0 aliphatic carbocycles. The molecule has 0 saturated carbocycles. The lowest BCUT2D eigenvalue weighted by atomic mass is 9.76. The van der Waals surface area contributed by atoms with Gasteiger partial charge in [0.1, 0.15) is 5.54 Å². The molecule has 4 unspecified atom stereocenters. The Morgan fingerprint density at radius 1 is 1.15 bits per heavy atom. The normalized spacial score (nSPS) is 27.8. The lowest BCUT2D eigenvalue weighted by Gasteiger charge is -2.29. The van der Waals surface area contributed by atoms with Crippen LogP contribution in [0.4, 0.5) is 17.1 Å². The van der Waals surface area contributed by atoms with E-state index in [2.05, 4.69) is 10.6 Å². The van der Waals surface area contributed by atoms with Gasteiger partial charge in [0.2, 0.25) is 17.7 Å². The SMILES string of the molecule is CSCCC1NC2(C(=O)Nc3ccccc32)C2C(=O)N(c3ccc([N+](=O)[O-])cc3C)C(=O)C12. The Bertz CT molecular complexity index is 1220. The second-order valence-corrected chi connectivity index (χ2v) is 9.57. The van der Waals surface area contributed by atoms with Gasteiger partial charge in [0.15, 0.2) is 0 Å². The third-order valence-electron chi connectivity index (χ3n) is 6.89. The van der Waals surface area contributed by atoms with Crippen molar-refractivity contribution in [2.45, 2.75) is 24.9 Å². The number of amides is 3. The van der Waals surface area contributed by atoms with Gasteiger partial charge in [-0.3, -0.25) is 29.8 Å². The van der Waals surface area contributed by atoms with Gasteiger partial charge < -0.3 is 5.32 Å². The molecular weight excluding hydrogens is 444 g/mol. The maximum absolute atomic E-state index is 13.9. The second-order valence-electron chi connectivity index (χ2n) is 8.58. The van der Waals surface area contributed by atoms with Gasteiger partial charge in [-0.25, -0.2) is 4.90 Å². The Hall–Kier alpha value is -3.24. The highest BCUT2D eigenvalue weighted by Gasteiger charge is 2.70. The third kappa shape index (κ3) is 2.94. The van der Waals surface area contributed by atoms with Gasteiger partial charge in [0.25, 0.3) is 5.69 Å². The van der Waals surface area contributed by atoms with E-state index in [0.717, 1.165) is 10.7 Å². The van der Waals surface area contributed by atoms with Crippen molar-refractivity contribution in [3.8, 4) is 0 Å². The van der Waals surface area contributed by atoms with Crippen molar-refractivity contribution in [2.24, 2.45) is 11.8 Å². The standard InChI is InChI=1S/C23H22N4O5S/c1-12-11-13(27(31)32)7-8-17(12)26-20(28)18-16(9-10-33-2)25-23(19(18)21(26)29)14-5-3-4-6-15(14)24-22(23)30/h3-8,11,16,18-19,25H,9-10H2,1-2H3,(H,24,30). The van der Waals surface area contributed by atoms with Crippen molar-refractivity contribution in [3.63, 3.8) is 0 Å². The highest BCUT2D eigenvalue weighted by atomic mass is 32.2. The van der Waals surface area contributed by atoms with E-state index in [9.17, 15) is 24.5 Å². The summed E-state index contributed by atoms with van der Waals surface area (Å²) in [7, 11) is 0. The molecule has 170 valence electrons. The van der Waals surface area contributed by atoms with Crippen LogP contribution in [-0.4, -0.2) is 40.7 Å². The summed E-state index contributed by atoms with van der Waals surface area (Å²) < 4.78 is 0. The van der Waals surface area contributed by atoms with E-state index >= 15 is 0 Å². The molecule has 2 aromatic rings. The Kier molecular flexibility index (Phi) is 5.02. The van der Waals surface area contributed by atoms with Crippen molar-refractivity contribution >= 4 is 46.5 Å². The summed E-state index contributed by atoms with van der Waals surface area (Å²) in [4.78, 5) is 52.7. The number of nitrogens with one attached hydrogen (secondary N) is 2. The number of aryl methyl sites for hydroxylation is 1. The number of carbonyl (C=O) groups is 3. The summed E-state index contributed by atoms with van der Waals surface area (Å²) in [5, 5.41) is 17.4. The predicted octanol–water partition coefficient (Wildman–Crippen LogP) is 2.58. The number of anilines is 2. The molecule has 3 aliphatic rings. The monoisotopic (exact) mass is 466 g/mol. The first-order valence-corrected chi connectivity index (χ1v) is 12.0. The fraction of sp³-hybridized carbons (Fsp3) is 0.348. The van der Waals surface area contributed by atoms with E-state index in [1.807, 2.05) is 24.5 Å². The lowest BCUT2D eigenvalue weighted by Crippen LogP contribution is -2.53. The van der Waals surface area contributed by atoms with E-state index in [0.29, 0.717) is 28.9 Å². The first-order valence-electron chi connectivity index (χ1n) is 10.6. The lowest BCUT2D eigenvalue weighted by molar-refractivity contribution is -0.384. The van der Waals surface area contributed by atoms with Crippen LogP contribution in [0.3, 0.4) is 0 Å². The first-order chi connectivity index (χ1) is 15.8. The number of thioether (sulfide) groups is 1. The van der Waals surface area contributed by atoms with Gasteiger partial charge in [0, 0.05) is 29.4 Å². The maximum atomic E-state index is 13.9. The van der Waals surface area contributed by atoms with Gasteiger partial charge in [-0.05, 0) is 43.0 Å². The minimum atomic E-state index is -1.33. The number of nitro benzene ring substituents is 1. The molecule has 2 N–H and O–H groups in total. The molecule has 3 amide bonds. The number of hydrogen-bond donors (Lipinski definition) is 2. The van der Waals surface area contributed by atoms with E-state index in [1.54, 1.807) is 24.8 Å². The van der Waals surface area contributed by atoms with Crippen LogP contribution >= 0.6 is 11.8 Å². The molecule has 5 rings (SSSR count). The number of rotatable bonds is 5. The maximum Gasteiger partial charge on any atom is 0.269 e. The number of benzene rings is 2. The number of hydrogen-bond acceptors (Lipinski definition) is 7. The second kappa shape index (κ2) is 7.67. The molecule has 10 heteroatoms. The van der Waals surface area contributed by atoms with E-state index in [4.69, 9.17) is 0 Å². The van der Waals surface area contributed by atoms with Crippen LogP contribution in [0.25, 0.3) is 0 Å². The van der Waals surface area contributed by atoms with Crippen LogP contribution in [0.1, 0.15) is 17.5 Å². The van der Waals surface area contributed by atoms with Crippen LogP contribution in [0.2, 0.25) is 0 Å². The quantitative estimate of drug-likeness (QED) is 0.395. The predicted molar refractivity (Wildman–Crippen MR) is 124 cm³/mol. The summed E-state index contributed by atoms with van der Waals surface area (Å²) in [6.45, 7) is 1.63. The molecule has 3 aliphatic heterocycles.